The van der Waals surface area contributed by atoms with Gasteiger partial charge in [0.15, 0.2) is 0 Å². The molecule has 0 N–H and O–H groups in total. The van der Waals surface area contributed by atoms with Crippen LogP contribution in [0.4, 0.5) is 4.39 Å². The van der Waals surface area contributed by atoms with Gasteiger partial charge in [0, 0.05) is 24.8 Å². The molecule has 0 aliphatic carbocycles. The van der Waals surface area contributed by atoms with Crippen molar-refractivity contribution in [3.05, 3.63) is 47.5 Å². The average Bonchev–Trinajstić information content (AvgIpc) is 3.03. The van der Waals surface area contributed by atoms with E-state index >= 15 is 0 Å². The van der Waals surface area contributed by atoms with E-state index in [0.29, 0.717) is 37.5 Å². The molecular weight excluding hydrogens is 299 g/mol. The molecule has 1 aliphatic heterocycles. The second-order valence-corrected chi connectivity index (χ2v) is 5.46. The highest BCUT2D eigenvalue weighted by Gasteiger charge is 2.27. The van der Waals surface area contributed by atoms with Crippen molar-refractivity contribution >= 4 is 5.91 Å². The number of carbonyl (C=O) groups is 1. The number of aryl methyl sites for hydroxylation is 1. The Balaban J connectivity index is 1.66. The molecular formula is C16H19FN4O2. The van der Waals surface area contributed by atoms with E-state index in [9.17, 15) is 9.18 Å². The zero-order chi connectivity index (χ0) is 16.2. The fourth-order valence-corrected chi connectivity index (χ4v) is 2.64. The van der Waals surface area contributed by atoms with Crippen molar-refractivity contribution < 1.29 is 13.9 Å². The molecule has 0 bridgehead atoms. The van der Waals surface area contributed by atoms with Crippen LogP contribution < -0.4 is 0 Å². The highest BCUT2D eigenvalue weighted by atomic mass is 19.1. The second kappa shape index (κ2) is 6.87. The third-order valence-corrected chi connectivity index (χ3v) is 3.91. The highest BCUT2D eigenvalue weighted by molar-refractivity contribution is 5.78. The Bertz CT molecular complexity index is 688. The van der Waals surface area contributed by atoms with Gasteiger partial charge < -0.3 is 9.64 Å². The maximum absolute atomic E-state index is 13.9. The Labute approximate surface area is 133 Å². The lowest BCUT2D eigenvalue weighted by atomic mass is 10.1. The first-order valence-corrected chi connectivity index (χ1v) is 7.70. The van der Waals surface area contributed by atoms with Crippen molar-refractivity contribution in [1.29, 1.82) is 0 Å². The average molecular weight is 318 g/mol. The van der Waals surface area contributed by atoms with Crippen molar-refractivity contribution in [2.75, 3.05) is 19.7 Å². The molecule has 6 nitrogen and oxygen atoms in total. The molecule has 1 amide bonds. The maximum atomic E-state index is 13.9. The largest absolute Gasteiger partial charge is 0.370 e. The van der Waals surface area contributed by atoms with E-state index in [1.54, 1.807) is 34.0 Å². The van der Waals surface area contributed by atoms with E-state index in [0.717, 1.165) is 0 Å². The molecule has 3 rings (SSSR count). The number of nitrogens with zero attached hydrogens (tertiary/aromatic N) is 4. The van der Waals surface area contributed by atoms with Crippen molar-refractivity contribution in [1.82, 2.24) is 19.9 Å². The highest BCUT2D eigenvalue weighted by Crippen LogP contribution is 2.24. The lowest BCUT2D eigenvalue weighted by molar-refractivity contribution is -0.138. The normalized spacial score (nSPS) is 18.2. The van der Waals surface area contributed by atoms with Gasteiger partial charge in [-0.2, -0.15) is 0 Å². The van der Waals surface area contributed by atoms with Gasteiger partial charge in [-0.3, -0.25) is 9.48 Å². The molecule has 1 aromatic heterocycles. The number of morpholine rings is 1. The van der Waals surface area contributed by atoms with Gasteiger partial charge in [-0.05, 0) is 13.0 Å². The van der Waals surface area contributed by atoms with E-state index < -0.39 is 6.10 Å². The van der Waals surface area contributed by atoms with Crippen molar-refractivity contribution in [2.24, 2.45) is 0 Å². The Morgan fingerprint density at radius 2 is 2.26 bits per heavy atom. The van der Waals surface area contributed by atoms with Gasteiger partial charge in [0.2, 0.25) is 5.91 Å². The number of aromatic nitrogens is 3. The number of halogens is 1. The SMILES string of the molecule is CCn1cc(CC(=O)N2CCOC(c3ccccc3F)C2)nn1. The minimum atomic E-state index is -0.430. The number of rotatable bonds is 4. The molecule has 1 aromatic carbocycles. The van der Waals surface area contributed by atoms with Gasteiger partial charge >= 0.3 is 0 Å². The Morgan fingerprint density at radius 3 is 3.00 bits per heavy atom. The van der Waals surface area contributed by atoms with Crippen LogP contribution in [0.2, 0.25) is 0 Å². The molecule has 1 atom stereocenters. The predicted molar refractivity (Wildman–Crippen MR) is 81.1 cm³/mol. The summed E-state index contributed by atoms with van der Waals surface area (Å²) in [6.45, 7) is 3.93. The van der Waals surface area contributed by atoms with Crippen LogP contribution in [0.1, 0.15) is 24.3 Å². The maximum Gasteiger partial charge on any atom is 0.228 e. The summed E-state index contributed by atoms with van der Waals surface area (Å²) in [7, 11) is 0. The van der Waals surface area contributed by atoms with Crippen LogP contribution in [-0.4, -0.2) is 45.5 Å². The Morgan fingerprint density at radius 1 is 1.43 bits per heavy atom. The number of benzene rings is 1. The van der Waals surface area contributed by atoms with Gasteiger partial charge in [-0.25, -0.2) is 4.39 Å². The van der Waals surface area contributed by atoms with E-state index in [1.165, 1.54) is 6.07 Å². The van der Waals surface area contributed by atoms with E-state index in [4.69, 9.17) is 4.74 Å². The van der Waals surface area contributed by atoms with Crippen LogP contribution in [0.15, 0.2) is 30.5 Å². The summed E-state index contributed by atoms with van der Waals surface area (Å²) in [5, 5.41) is 7.92. The van der Waals surface area contributed by atoms with Crippen LogP contribution in [0, 0.1) is 5.82 Å². The molecule has 7 heteroatoms. The topological polar surface area (TPSA) is 60.2 Å². The minimum absolute atomic E-state index is 0.0437. The van der Waals surface area contributed by atoms with Crippen molar-refractivity contribution in [2.45, 2.75) is 26.0 Å². The summed E-state index contributed by atoms with van der Waals surface area (Å²) in [5.74, 6) is -0.351. The lowest BCUT2D eigenvalue weighted by Gasteiger charge is -2.33. The predicted octanol–water partition coefficient (Wildman–Crippen LogP) is 1.58. The summed E-state index contributed by atoms with van der Waals surface area (Å²) >= 11 is 0. The molecule has 0 radical (unpaired) electrons. The first-order valence-electron chi connectivity index (χ1n) is 7.70. The van der Waals surface area contributed by atoms with Crippen LogP contribution >= 0.6 is 0 Å². The van der Waals surface area contributed by atoms with E-state index in [2.05, 4.69) is 10.3 Å². The number of hydrogen-bond donors (Lipinski definition) is 0. The molecule has 23 heavy (non-hydrogen) atoms. The van der Waals surface area contributed by atoms with E-state index in [-0.39, 0.29) is 18.1 Å². The fourth-order valence-electron chi connectivity index (χ4n) is 2.64. The molecule has 2 heterocycles. The molecule has 0 saturated carbocycles. The third kappa shape index (κ3) is 3.56. The number of ether oxygens (including phenoxy) is 1. The van der Waals surface area contributed by atoms with Gasteiger partial charge in [0.1, 0.15) is 11.9 Å². The van der Waals surface area contributed by atoms with Gasteiger partial charge in [0.05, 0.1) is 25.3 Å². The van der Waals surface area contributed by atoms with Crippen LogP contribution in [0.25, 0.3) is 0 Å². The lowest BCUT2D eigenvalue weighted by Crippen LogP contribution is -2.43. The quantitative estimate of drug-likeness (QED) is 0.859. The van der Waals surface area contributed by atoms with Crippen molar-refractivity contribution in [3.63, 3.8) is 0 Å². The number of hydrogen-bond acceptors (Lipinski definition) is 4. The van der Waals surface area contributed by atoms with Crippen LogP contribution in [-0.2, 0) is 22.5 Å². The molecule has 1 saturated heterocycles. The van der Waals surface area contributed by atoms with Crippen LogP contribution in [0.5, 0.6) is 0 Å². The Kier molecular flexibility index (Phi) is 4.66. The second-order valence-electron chi connectivity index (χ2n) is 5.46. The first kappa shape index (κ1) is 15.6. The summed E-state index contributed by atoms with van der Waals surface area (Å²) < 4.78 is 21.2. The van der Waals surface area contributed by atoms with Gasteiger partial charge in [-0.15, -0.1) is 5.10 Å². The summed E-state index contributed by atoms with van der Waals surface area (Å²) in [6, 6.07) is 6.51. The van der Waals surface area contributed by atoms with Gasteiger partial charge in [-0.1, -0.05) is 23.4 Å². The molecule has 122 valence electrons. The summed E-state index contributed by atoms with van der Waals surface area (Å²) in [5.41, 5.74) is 1.13. The summed E-state index contributed by atoms with van der Waals surface area (Å²) in [6.07, 6.45) is 1.54. The first-order chi connectivity index (χ1) is 11.2. The fraction of sp³-hybridized carbons (Fsp3) is 0.438. The smallest absolute Gasteiger partial charge is 0.228 e. The Hall–Kier alpha value is -2.28. The molecule has 1 aliphatic rings. The molecule has 1 fully saturated rings. The number of carbonyl (C=O) groups excluding carboxylic acids is 1. The van der Waals surface area contributed by atoms with Crippen molar-refractivity contribution in [3.8, 4) is 0 Å². The zero-order valence-electron chi connectivity index (χ0n) is 13.0. The molecule has 0 spiro atoms. The standard InChI is InChI=1S/C16H19FN4O2/c1-2-21-10-12(18-19-21)9-16(22)20-7-8-23-15(11-20)13-5-3-4-6-14(13)17/h3-6,10,15H,2,7-9,11H2,1H3. The van der Waals surface area contributed by atoms with Gasteiger partial charge in [0.25, 0.3) is 0 Å². The molecule has 2 aromatic rings. The molecule has 1 unspecified atom stereocenters. The number of amides is 1. The van der Waals surface area contributed by atoms with Crippen LogP contribution in [0.3, 0.4) is 0 Å². The minimum Gasteiger partial charge on any atom is -0.370 e. The van der Waals surface area contributed by atoms with E-state index in [1.807, 2.05) is 6.92 Å². The third-order valence-electron chi connectivity index (χ3n) is 3.91. The summed E-state index contributed by atoms with van der Waals surface area (Å²) in [4.78, 5) is 14.1. The monoisotopic (exact) mass is 318 g/mol. The zero-order valence-corrected chi connectivity index (χ0v) is 13.0.